The molecule has 0 radical (unpaired) electrons. The summed E-state index contributed by atoms with van der Waals surface area (Å²) in [6.45, 7) is 3.71. The molecule has 1 rings (SSSR count). The summed E-state index contributed by atoms with van der Waals surface area (Å²) in [7, 11) is 1.80. The predicted octanol–water partition coefficient (Wildman–Crippen LogP) is 1.87. The molecule has 0 bridgehead atoms. The largest absolute Gasteiger partial charge is 0.395 e. The van der Waals surface area contributed by atoms with Crippen LogP contribution in [0.15, 0.2) is 11.4 Å². The van der Waals surface area contributed by atoms with Crippen LogP contribution in [0.25, 0.3) is 0 Å². The van der Waals surface area contributed by atoms with Crippen molar-refractivity contribution >= 4 is 17.2 Å². The molecule has 0 aliphatic rings. The Morgan fingerprint density at radius 3 is 3.05 bits per heavy atom. The third kappa shape index (κ3) is 6.20. The van der Waals surface area contributed by atoms with Crippen molar-refractivity contribution in [2.75, 3.05) is 26.9 Å². The molecular weight excluding hydrogens is 274 g/mol. The number of carbonyl (C=O) groups excluding carboxylic acids is 1. The van der Waals surface area contributed by atoms with Crippen molar-refractivity contribution in [2.45, 2.75) is 26.3 Å². The van der Waals surface area contributed by atoms with Crippen molar-refractivity contribution in [3.05, 3.63) is 21.9 Å². The quantitative estimate of drug-likeness (QED) is 0.617. The fourth-order valence-electron chi connectivity index (χ4n) is 1.57. The van der Waals surface area contributed by atoms with Crippen LogP contribution in [-0.2, 0) is 16.1 Å². The van der Waals surface area contributed by atoms with E-state index in [1.165, 1.54) is 0 Å². The van der Waals surface area contributed by atoms with Gasteiger partial charge < -0.3 is 14.7 Å². The van der Waals surface area contributed by atoms with Crippen molar-refractivity contribution in [3.8, 4) is 11.8 Å². The van der Waals surface area contributed by atoms with Gasteiger partial charge >= 0.3 is 0 Å². The number of aliphatic hydroxyl groups is 1. The minimum Gasteiger partial charge on any atom is -0.395 e. The summed E-state index contributed by atoms with van der Waals surface area (Å²) < 4.78 is 5.18. The number of rotatable bonds is 7. The van der Waals surface area contributed by atoms with E-state index in [-0.39, 0.29) is 12.5 Å². The summed E-state index contributed by atoms with van der Waals surface area (Å²) >= 11 is 1.59. The molecule has 1 N–H and O–H groups in total. The topological polar surface area (TPSA) is 49.8 Å². The van der Waals surface area contributed by atoms with Crippen LogP contribution in [0, 0.1) is 11.8 Å². The fourth-order valence-corrected chi connectivity index (χ4v) is 2.43. The van der Waals surface area contributed by atoms with Gasteiger partial charge in [-0.2, -0.15) is 0 Å². The maximum Gasteiger partial charge on any atom is 0.224 e. The summed E-state index contributed by atoms with van der Waals surface area (Å²) in [6, 6.07) is 1.99. The van der Waals surface area contributed by atoms with Gasteiger partial charge in [-0.05, 0) is 13.0 Å². The Morgan fingerprint density at radius 2 is 2.35 bits per heavy atom. The Labute approximate surface area is 124 Å². The molecule has 0 saturated heterocycles. The Hall–Kier alpha value is -1.35. The summed E-state index contributed by atoms with van der Waals surface area (Å²) in [5.41, 5.74) is 0.939. The molecule has 0 aromatic carbocycles. The normalized spacial score (nSPS) is 9.95. The second-order valence-electron chi connectivity index (χ2n) is 4.27. The van der Waals surface area contributed by atoms with Crippen LogP contribution in [0.2, 0.25) is 0 Å². The maximum absolute atomic E-state index is 11.8. The highest BCUT2D eigenvalue weighted by atomic mass is 32.1. The number of hydrogen-bond acceptors (Lipinski definition) is 4. The molecule has 4 nitrogen and oxygen atoms in total. The zero-order chi connectivity index (χ0) is 14.8. The lowest BCUT2D eigenvalue weighted by Gasteiger charge is -2.15. The van der Waals surface area contributed by atoms with Gasteiger partial charge in [0.05, 0.1) is 26.2 Å². The fraction of sp³-hybridized carbons (Fsp3) is 0.533. The first-order valence-electron chi connectivity index (χ1n) is 6.66. The lowest BCUT2D eigenvalue weighted by molar-refractivity contribution is -0.131. The third-order valence-corrected chi connectivity index (χ3v) is 3.53. The molecule has 0 atom stereocenters. The monoisotopic (exact) mass is 295 g/mol. The number of amides is 1. The second kappa shape index (κ2) is 9.54. The van der Waals surface area contributed by atoms with Gasteiger partial charge in [0.2, 0.25) is 5.91 Å². The van der Waals surface area contributed by atoms with Crippen LogP contribution in [0.1, 0.15) is 30.2 Å². The van der Waals surface area contributed by atoms with Gasteiger partial charge in [-0.1, -0.05) is 11.8 Å². The van der Waals surface area contributed by atoms with Gasteiger partial charge in [-0.3, -0.25) is 4.79 Å². The highest BCUT2D eigenvalue weighted by Gasteiger charge is 2.10. The Bertz CT molecular complexity index is 473. The van der Waals surface area contributed by atoms with Crippen LogP contribution in [-0.4, -0.2) is 42.8 Å². The van der Waals surface area contributed by atoms with Gasteiger partial charge in [0.25, 0.3) is 0 Å². The van der Waals surface area contributed by atoms with Gasteiger partial charge in [0.15, 0.2) is 0 Å². The average molecular weight is 295 g/mol. The molecular formula is C15H21NO3S. The number of hydrogen-bond donors (Lipinski definition) is 1. The maximum atomic E-state index is 11.8. The molecule has 0 aliphatic carbocycles. The van der Waals surface area contributed by atoms with E-state index in [4.69, 9.17) is 9.84 Å². The minimum absolute atomic E-state index is 0.0831. The van der Waals surface area contributed by atoms with E-state index in [0.29, 0.717) is 32.6 Å². The van der Waals surface area contributed by atoms with Crippen molar-refractivity contribution < 1.29 is 14.6 Å². The van der Waals surface area contributed by atoms with Crippen molar-refractivity contribution in [3.63, 3.8) is 0 Å². The van der Waals surface area contributed by atoms with E-state index in [9.17, 15) is 4.79 Å². The molecule has 20 heavy (non-hydrogen) atoms. The summed E-state index contributed by atoms with van der Waals surface area (Å²) in [5, 5.41) is 10.6. The highest BCUT2D eigenvalue weighted by Crippen LogP contribution is 2.16. The van der Waals surface area contributed by atoms with Crippen LogP contribution in [0.5, 0.6) is 0 Å². The van der Waals surface area contributed by atoms with Gasteiger partial charge in [-0.25, -0.2) is 0 Å². The molecule has 1 aromatic rings. The Kier molecular flexibility index (Phi) is 7.97. The second-order valence-corrected chi connectivity index (χ2v) is 5.27. The smallest absolute Gasteiger partial charge is 0.224 e. The molecule has 1 heterocycles. The third-order valence-electron chi connectivity index (χ3n) is 2.61. The van der Waals surface area contributed by atoms with Crippen molar-refractivity contribution in [2.24, 2.45) is 0 Å². The zero-order valence-corrected chi connectivity index (χ0v) is 12.8. The molecule has 0 spiro atoms. The molecule has 110 valence electrons. The van der Waals surface area contributed by atoms with Crippen LogP contribution >= 0.6 is 11.3 Å². The van der Waals surface area contributed by atoms with Crippen LogP contribution in [0.4, 0.5) is 0 Å². The molecule has 0 fully saturated rings. The SMILES string of the molecule is CCOCCC(=O)N(C)Cc1cc(C#CCCO)cs1. The molecule has 1 amide bonds. The first-order valence-corrected chi connectivity index (χ1v) is 7.54. The summed E-state index contributed by atoms with van der Waals surface area (Å²) in [4.78, 5) is 14.6. The molecule has 0 saturated carbocycles. The first kappa shape index (κ1) is 16.7. The van der Waals surface area contributed by atoms with E-state index in [1.54, 1.807) is 23.3 Å². The van der Waals surface area contributed by atoms with E-state index < -0.39 is 0 Å². The average Bonchev–Trinajstić information content (AvgIpc) is 2.86. The Morgan fingerprint density at radius 1 is 1.55 bits per heavy atom. The van der Waals surface area contributed by atoms with Crippen molar-refractivity contribution in [1.82, 2.24) is 4.90 Å². The van der Waals surface area contributed by atoms with E-state index in [2.05, 4.69) is 11.8 Å². The number of thiophene rings is 1. The lowest BCUT2D eigenvalue weighted by atomic mass is 10.3. The number of aliphatic hydroxyl groups excluding tert-OH is 1. The molecule has 0 aliphatic heterocycles. The highest BCUT2D eigenvalue weighted by molar-refractivity contribution is 7.10. The first-order chi connectivity index (χ1) is 9.67. The molecule has 5 heteroatoms. The van der Waals surface area contributed by atoms with E-state index >= 15 is 0 Å². The van der Waals surface area contributed by atoms with Gasteiger partial charge in [0.1, 0.15) is 0 Å². The Balaban J connectivity index is 2.44. The number of nitrogens with zero attached hydrogens (tertiary/aromatic N) is 1. The summed E-state index contributed by atoms with van der Waals surface area (Å²) in [6.07, 6.45) is 0.903. The lowest BCUT2D eigenvalue weighted by Crippen LogP contribution is -2.26. The number of carbonyl (C=O) groups is 1. The molecule has 1 aromatic heterocycles. The van der Waals surface area contributed by atoms with E-state index in [0.717, 1.165) is 10.4 Å². The van der Waals surface area contributed by atoms with Gasteiger partial charge in [0, 0.05) is 35.9 Å². The van der Waals surface area contributed by atoms with Crippen LogP contribution in [0.3, 0.4) is 0 Å². The zero-order valence-electron chi connectivity index (χ0n) is 12.0. The number of ether oxygens (including phenoxy) is 1. The van der Waals surface area contributed by atoms with Crippen molar-refractivity contribution in [1.29, 1.82) is 0 Å². The van der Waals surface area contributed by atoms with E-state index in [1.807, 2.05) is 18.4 Å². The van der Waals surface area contributed by atoms with Crippen LogP contribution < -0.4 is 0 Å². The predicted molar refractivity (Wildman–Crippen MR) is 80.5 cm³/mol. The summed E-state index contributed by atoms with van der Waals surface area (Å²) in [5.74, 6) is 5.96. The minimum atomic E-state index is 0.0831. The standard InChI is InChI=1S/C15H21NO3S/c1-3-19-9-7-15(18)16(2)11-14-10-13(12-20-14)6-4-5-8-17/h10,12,17H,3,5,7-9,11H2,1-2H3. The molecule has 0 unspecified atom stereocenters. The van der Waals surface area contributed by atoms with Gasteiger partial charge in [-0.15, -0.1) is 11.3 Å².